The number of pyridine rings is 1. The Morgan fingerprint density at radius 2 is 1.83 bits per heavy atom. The van der Waals surface area contributed by atoms with Crippen LogP contribution >= 0.6 is 0 Å². The van der Waals surface area contributed by atoms with Gasteiger partial charge < -0.3 is 19.3 Å². The lowest BCUT2D eigenvalue weighted by molar-refractivity contribution is -0.164. The second-order valence-corrected chi connectivity index (χ2v) is 6.11. The molecule has 2 aliphatic rings. The van der Waals surface area contributed by atoms with Gasteiger partial charge in [-0.15, -0.1) is 0 Å². The highest BCUT2D eigenvalue weighted by Gasteiger charge is 2.45. The summed E-state index contributed by atoms with van der Waals surface area (Å²) in [6.07, 6.45) is 2.61. The highest BCUT2D eigenvalue weighted by Crippen LogP contribution is 2.29. The van der Waals surface area contributed by atoms with Crippen LogP contribution in [0.5, 0.6) is 0 Å². The lowest BCUT2D eigenvalue weighted by Crippen LogP contribution is -2.58. The summed E-state index contributed by atoms with van der Waals surface area (Å²) in [5.41, 5.74) is -0.403. The lowest BCUT2D eigenvalue weighted by atomic mass is 9.89. The Morgan fingerprint density at radius 1 is 1.12 bits per heavy atom. The maximum atomic E-state index is 12.9. The second kappa shape index (κ2) is 7.27. The van der Waals surface area contributed by atoms with Crippen molar-refractivity contribution < 1.29 is 19.1 Å². The van der Waals surface area contributed by atoms with Gasteiger partial charge in [0.1, 0.15) is 11.3 Å². The number of amides is 2. The first kappa shape index (κ1) is 16.9. The van der Waals surface area contributed by atoms with Crippen molar-refractivity contribution in [1.82, 2.24) is 14.8 Å². The summed E-state index contributed by atoms with van der Waals surface area (Å²) in [6.45, 7) is 3.30. The maximum Gasteiger partial charge on any atom is 0.272 e. The van der Waals surface area contributed by atoms with Crippen molar-refractivity contribution in [1.29, 1.82) is 0 Å². The van der Waals surface area contributed by atoms with Crippen LogP contribution in [0.15, 0.2) is 24.4 Å². The summed E-state index contributed by atoms with van der Waals surface area (Å²) >= 11 is 0. The fourth-order valence-electron chi connectivity index (χ4n) is 3.28. The Balaban J connectivity index is 1.65. The number of aromatic nitrogens is 1. The summed E-state index contributed by atoms with van der Waals surface area (Å²) in [7, 11) is 1.58. The number of hydrogen-bond acceptors (Lipinski definition) is 5. The molecular weight excluding hydrogens is 310 g/mol. The third kappa shape index (κ3) is 3.27. The van der Waals surface area contributed by atoms with Crippen LogP contribution in [-0.2, 0) is 14.3 Å². The van der Waals surface area contributed by atoms with Gasteiger partial charge >= 0.3 is 0 Å². The fraction of sp³-hybridized carbons (Fsp3) is 0.588. The topological polar surface area (TPSA) is 72.0 Å². The van der Waals surface area contributed by atoms with Gasteiger partial charge in [0.05, 0.1) is 13.2 Å². The lowest BCUT2D eigenvalue weighted by Gasteiger charge is -2.42. The molecule has 2 aliphatic heterocycles. The number of ether oxygens (including phenoxy) is 2. The minimum Gasteiger partial charge on any atom is -0.378 e. The molecule has 1 aromatic rings. The summed E-state index contributed by atoms with van der Waals surface area (Å²) < 4.78 is 10.9. The highest BCUT2D eigenvalue weighted by molar-refractivity contribution is 5.93. The van der Waals surface area contributed by atoms with Gasteiger partial charge in [-0.05, 0) is 12.1 Å². The van der Waals surface area contributed by atoms with E-state index in [-0.39, 0.29) is 11.8 Å². The fourth-order valence-corrected chi connectivity index (χ4v) is 3.28. The number of likely N-dealkylation sites (tertiary alicyclic amines) is 1. The molecule has 0 radical (unpaired) electrons. The smallest absolute Gasteiger partial charge is 0.272 e. The van der Waals surface area contributed by atoms with Crippen LogP contribution < -0.4 is 0 Å². The zero-order valence-electron chi connectivity index (χ0n) is 13.9. The molecule has 0 bridgehead atoms. The first-order chi connectivity index (χ1) is 11.7. The molecule has 0 atom stereocenters. The molecule has 7 nitrogen and oxygen atoms in total. The molecule has 0 spiro atoms. The Bertz CT molecular complexity index is 579. The van der Waals surface area contributed by atoms with Crippen molar-refractivity contribution in [2.75, 3.05) is 46.5 Å². The van der Waals surface area contributed by atoms with Gasteiger partial charge in [-0.2, -0.15) is 0 Å². The molecule has 0 unspecified atom stereocenters. The van der Waals surface area contributed by atoms with E-state index < -0.39 is 5.60 Å². The quantitative estimate of drug-likeness (QED) is 0.808. The average Bonchev–Trinajstić information content (AvgIpc) is 2.68. The van der Waals surface area contributed by atoms with Crippen molar-refractivity contribution in [2.45, 2.75) is 18.4 Å². The molecule has 130 valence electrons. The Morgan fingerprint density at radius 3 is 2.42 bits per heavy atom. The monoisotopic (exact) mass is 333 g/mol. The van der Waals surface area contributed by atoms with E-state index in [0.29, 0.717) is 57.9 Å². The van der Waals surface area contributed by atoms with E-state index >= 15 is 0 Å². The predicted octanol–water partition coefficient (Wildman–Crippen LogP) is 0.562. The number of hydrogen-bond donors (Lipinski definition) is 0. The molecule has 7 heteroatoms. The largest absolute Gasteiger partial charge is 0.378 e. The Hall–Kier alpha value is -1.99. The molecule has 0 aromatic carbocycles. The first-order valence-corrected chi connectivity index (χ1v) is 8.29. The van der Waals surface area contributed by atoms with Crippen LogP contribution in [0.2, 0.25) is 0 Å². The number of morpholine rings is 1. The number of piperidine rings is 1. The van der Waals surface area contributed by atoms with Crippen LogP contribution in [0.3, 0.4) is 0 Å². The third-order valence-electron chi connectivity index (χ3n) is 4.82. The van der Waals surface area contributed by atoms with Crippen LogP contribution in [0.1, 0.15) is 23.3 Å². The van der Waals surface area contributed by atoms with Crippen LogP contribution in [0.25, 0.3) is 0 Å². The molecule has 0 aliphatic carbocycles. The van der Waals surface area contributed by atoms with Gasteiger partial charge in [0, 0.05) is 52.3 Å². The van der Waals surface area contributed by atoms with Gasteiger partial charge in [-0.3, -0.25) is 14.6 Å². The minimum absolute atomic E-state index is 0.0123. The van der Waals surface area contributed by atoms with Crippen LogP contribution in [0.4, 0.5) is 0 Å². The Labute approximate surface area is 141 Å². The number of methoxy groups -OCH3 is 1. The Kier molecular flexibility index (Phi) is 5.11. The average molecular weight is 333 g/mol. The van der Waals surface area contributed by atoms with Gasteiger partial charge in [0.15, 0.2) is 0 Å². The number of nitrogens with zero attached hydrogens (tertiary/aromatic N) is 3. The third-order valence-corrected chi connectivity index (χ3v) is 4.82. The summed E-state index contributed by atoms with van der Waals surface area (Å²) in [5.74, 6) is -0.0858. The van der Waals surface area contributed by atoms with E-state index in [9.17, 15) is 9.59 Å². The van der Waals surface area contributed by atoms with E-state index in [1.807, 2.05) is 4.90 Å². The van der Waals surface area contributed by atoms with Gasteiger partial charge in [-0.25, -0.2) is 0 Å². The molecule has 0 saturated carbocycles. The van der Waals surface area contributed by atoms with Gasteiger partial charge in [0.2, 0.25) is 0 Å². The van der Waals surface area contributed by atoms with Gasteiger partial charge in [-0.1, -0.05) is 6.07 Å². The number of carbonyl (C=O) groups is 2. The molecule has 24 heavy (non-hydrogen) atoms. The normalized spacial score (nSPS) is 20.7. The van der Waals surface area contributed by atoms with E-state index in [0.717, 1.165) is 0 Å². The summed E-state index contributed by atoms with van der Waals surface area (Å²) in [5, 5.41) is 0. The number of rotatable bonds is 3. The van der Waals surface area contributed by atoms with Crippen molar-refractivity contribution in [3.63, 3.8) is 0 Å². The molecule has 2 amide bonds. The molecular formula is C17H23N3O4. The second-order valence-electron chi connectivity index (χ2n) is 6.11. The van der Waals surface area contributed by atoms with Crippen molar-refractivity contribution in [2.24, 2.45) is 0 Å². The predicted molar refractivity (Wildman–Crippen MR) is 86.5 cm³/mol. The summed E-state index contributed by atoms with van der Waals surface area (Å²) in [4.78, 5) is 33.0. The van der Waals surface area contributed by atoms with Crippen molar-refractivity contribution >= 4 is 11.8 Å². The summed E-state index contributed by atoms with van der Waals surface area (Å²) in [6, 6.07) is 5.29. The van der Waals surface area contributed by atoms with Crippen LogP contribution in [0, 0.1) is 0 Å². The van der Waals surface area contributed by atoms with Crippen molar-refractivity contribution in [3.05, 3.63) is 30.1 Å². The first-order valence-electron chi connectivity index (χ1n) is 8.29. The number of carbonyl (C=O) groups excluding carboxylic acids is 2. The molecule has 2 saturated heterocycles. The zero-order valence-corrected chi connectivity index (χ0v) is 13.9. The highest BCUT2D eigenvalue weighted by atomic mass is 16.5. The van der Waals surface area contributed by atoms with Crippen LogP contribution in [-0.4, -0.2) is 78.7 Å². The minimum atomic E-state index is -0.835. The van der Waals surface area contributed by atoms with E-state index in [2.05, 4.69) is 4.98 Å². The molecule has 3 heterocycles. The van der Waals surface area contributed by atoms with E-state index in [4.69, 9.17) is 9.47 Å². The molecule has 2 fully saturated rings. The van der Waals surface area contributed by atoms with E-state index in [1.54, 1.807) is 36.4 Å². The van der Waals surface area contributed by atoms with E-state index in [1.165, 1.54) is 0 Å². The molecule has 1 aromatic heterocycles. The van der Waals surface area contributed by atoms with Gasteiger partial charge in [0.25, 0.3) is 11.8 Å². The SMILES string of the molecule is COC1(C(=O)N2CCOCC2)CCN(C(=O)c2ccccn2)CC1. The molecule has 3 rings (SSSR count). The van der Waals surface area contributed by atoms with Crippen molar-refractivity contribution in [3.8, 4) is 0 Å². The maximum absolute atomic E-state index is 12.9. The zero-order chi connectivity index (χ0) is 17.0. The standard InChI is InChI=1S/C17H23N3O4/c1-23-17(16(22)20-10-12-24-13-11-20)5-8-19(9-6-17)15(21)14-4-2-3-7-18-14/h2-4,7H,5-6,8-13H2,1H3. The molecule has 0 N–H and O–H groups in total.